The summed E-state index contributed by atoms with van der Waals surface area (Å²) in [5, 5.41) is 11.1. The lowest BCUT2D eigenvalue weighted by Gasteiger charge is -2.26. The molecule has 1 aliphatic rings. The van der Waals surface area contributed by atoms with Gasteiger partial charge in [0.1, 0.15) is 0 Å². The summed E-state index contributed by atoms with van der Waals surface area (Å²) in [7, 11) is -3.44. The van der Waals surface area contributed by atoms with Crippen LogP contribution < -0.4 is 5.32 Å². The zero-order valence-corrected chi connectivity index (χ0v) is 12.9. The number of rotatable bonds is 8. The van der Waals surface area contributed by atoms with E-state index in [0.29, 0.717) is 32.7 Å². The van der Waals surface area contributed by atoms with Crippen LogP contribution >= 0.6 is 0 Å². The summed E-state index contributed by atoms with van der Waals surface area (Å²) in [6.07, 6.45) is 0.155. The number of carboxylic acids is 1. The van der Waals surface area contributed by atoms with Crippen LogP contribution in [0.15, 0.2) is 0 Å². The summed E-state index contributed by atoms with van der Waals surface area (Å²) >= 11 is 0. The lowest BCUT2D eigenvalue weighted by atomic mass is 10.2. The minimum Gasteiger partial charge on any atom is -0.481 e. The third-order valence-corrected chi connectivity index (χ3v) is 5.02. The van der Waals surface area contributed by atoms with Crippen molar-refractivity contribution < 1.29 is 27.9 Å². The average molecular weight is 322 g/mol. The Balaban J connectivity index is 2.32. The first-order valence-corrected chi connectivity index (χ1v) is 8.49. The molecule has 1 saturated heterocycles. The number of carbonyl (C=O) groups is 2. The van der Waals surface area contributed by atoms with E-state index in [0.717, 1.165) is 0 Å². The third kappa shape index (κ3) is 6.87. The van der Waals surface area contributed by atoms with E-state index in [9.17, 15) is 18.0 Å². The highest BCUT2D eigenvalue weighted by atomic mass is 32.2. The second kappa shape index (κ2) is 8.30. The highest BCUT2D eigenvalue weighted by molar-refractivity contribution is 7.89. The number of nitrogens with zero attached hydrogens (tertiary/aromatic N) is 1. The van der Waals surface area contributed by atoms with Crippen molar-refractivity contribution in [3.63, 3.8) is 0 Å². The van der Waals surface area contributed by atoms with Crippen LogP contribution in [0.25, 0.3) is 0 Å². The molecule has 122 valence electrons. The first-order valence-electron chi connectivity index (χ1n) is 6.88. The SMILES string of the molecule is CC(CCC(=O)O)NC(=O)CCS(=O)(=O)N1CCOCC1. The molecule has 1 fully saturated rings. The molecule has 0 aliphatic carbocycles. The number of hydrogen-bond donors (Lipinski definition) is 2. The van der Waals surface area contributed by atoms with Gasteiger partial charge < -0.3 is 15.2 Å². The van der Waals surface area contributed by atoms with Crippen molar-refractivity contribution in [3.05, 3.63) is 0 Å². The molecule has 0 aromatic heterocycles. The van der Waals surface area contributed by atoms with Gasteiger partial charge in [0.05, 0.1) is 19.0 Å². The van der Waals surface area contributed by atoms with E-state index in [1.807, 2.05) is 0 Å². The van der Waals surface area contributed by atoms with E-state index in [-0.39, 0.29) is 30.5 Å². The number of amides is 1. The summed E-state index contributed by atoms with van der Waals surface area (Å²) in [6, 6.07) is -0.292. The van der Waals surface area contributed by atoms with Gasteiger partial charge in [-0.3, -0.25) is 9.59 Å². The van der Waals surface area contributed by atoms with Gasteiger partial charge in [-0.15, -0.1) is 0 Å². The van der Waals surface area contributed by atoms with E-state index >= 15 is 0 Å². The molecule has 0 radical (unpaired) electrons. The standard InChI is InChI=1S/C12H22N2O6S/c1-10(2-3-12(16)17)13-11(15)4-9-21(18,19)14-5-7-20-8-6-14/h10H,2-9H2,1H3,(H,13,15)(H,16,17). The average Bonchev–Trinajstić information content (AvgIpc) is 2.44. The van der Waals surface area contributed by atoms with Crippen LogP contribution in [0.5, 0.6) is 0 Å². The molecule has 0 bridgehead atoms. The largest absolute Gasteiger partial charge is 0.481 e. The Morgan fingerprint density at radius 2 is 1.90 bits per heavy atom. The number of sulfonamides is 1. The van der Waals surface area contributed by atoms with E-state index < -0.39 is 16.0 Å². The monoisotopic (exact) mass is 322 g/mol. The molecule has 1 amide bonds. The second-order valence-corrected chi connectivity index (χ2v) is 7.07. The number of carboxylic acid groups (broad SMARTS) is 1. The van der Waals surface area contributed by atoms with Gasteiger partial charge in [0.15, 0.2) is 0 Å². The third-order valence-electron chi connectivity index (χ3n) is 3.15. The summed E-state index contributed by atoms with van der Waals surface area (Å²) in [4.78, 5) is 22.1. The van der Waals surface area contributed by atoms with E-state index in [2.05, 4.69) is 5.32 Å². The maximum Gasteiger partial charge on any atom is 0.303 e. The van der Waals surface area contributed by atoms with Crippen molar-refractivity contribution in [1.82, 2.24) is 9.62 Å². The molecular formula is C12H22N2O6S. The minimum absolute atomic E-state index is 0.0342. The van der Waals surface area contributed by atoms with Crippen molar-refractivity contribution in [2.45, 2.75) is 32.2 Å². The molecule has 9 heteroatoms. The molecule has 0 spiro atoms. The number of nitrogens with one attached hydrogen (secondary N) is 1. The Morgan fingerprint density at radius 1 is 1.29 bits per heavy atom. The Morgan fingerprint density at radius 3 is 2.48 bits per heavy atom. The topological polar surface area (TPSA) is 113 Å². The highest BCUT2D eigenvalue weighted by Gasteiger charge is 2.25. The number of carbonyl (C=O) groups excluding carboxylic acids is 1. The van der Waals surface area contributed by atoms with E-state index in [1.54, 1.807) is 6.92 Å². The number of ether oxygens (including phenoxy) is 1. The maximum absolute atomic E-state index is 12.0. The molecule has 0 aromatic carbocycles. The number of hydrogen-bond acceptors (Lipinski definition) is 5. The van der Waals surface area contributed by atoms with Gasteiger partial charge in [-0.2, -0.15) is 4.31 Å². The van der Waals surface area contributed by atoms with Crippen molar-refractivity contribution in [1.29, 1.82) is 0 Å². The predicted molar refractivity (Wildman–Crippen MR) is 75.3 cm³/mol. The normalized spacial score (nSPS) is 18.1. The van der Waals surface area contributed by atoms with Crippen molar-refractivity contribution in [3.8, 4) is 0 Å². The minimum atomic E-state index is -3.44. The lowest BCUT2D eigenvalue weighted by Crippen LogP contribution is -2.43. The zero-order chi connectivity index (χ0) is 15.9. The maximum atomic E-state index is 12.0. The summed E-state index contributed by atoms with van der Waals surface area (Å²) < 4.78 is 30.4. The molecule has 0 aromatic rings. The Kier molecular flexibility index (Phi) is 7.06. The van der Waals surface area contributed by atoms with Crippen LogP contribution in [0.4, 0.5) is 0 Å². The van der Waals surface area contributed by atoms with Gasteiger partial charge in [0.2, 0.25) is 15.9 Å². The van der Waals surface area contributed by atoms with Gasteiger partial charge in [-0.05, 0) is 13.3 Å². The van der Waals surface area contributed by atoms with Crippen molar-refractivity contribution in [2.24, 2.45) is 0 Å². The number of aliphatic carboxylic acids is 1. The molecule has 1 atom stereocenters. The zero-order valence-electron chi connectivity index (χ0n) is 12.1. The first kappa shape index (κ1) is 17.9. The Bertz CT molecular complexity index is 458. The molecule has 8 nitrogen and oxygen atoms in total. The molecule has 1 heterocycles. The summed E-state index contributed by atoms with van der Waals surface area (Å²) in [5.74, 6) is -1.56. The van der Waals surface area contributed by atoms with Gasteiger partial charge in [0.25, 0.3) is 0 Å². The van der Waals surface area contributed by atoms with Crippen LogP contribution in [-0.2, 0) is 24.3 Å². The fraction of sp³-hybridized carbons (Fsp3) is 0.833. The van der Waals surface area contributed by atoms with Crippen LogP contribution in [0, 0.1) is 0 Å². The van der Waals surface area contributed by atoms with E-state index in [1.165, 1.54) is 4.31 Å². The van der Waals surface area contributed by atoms with Crippen molar-refractivity contribution in [2.75, 3.05) is 32.1 Å². The molecule has 1 rings (SSSR count). The van der Waals surface area contributed by atoms with Crippen LogP contribution in [0.3, 0.4) is 0 Å². The van der Waals surface area contributed by atoms with Crippen molar-refractivity contribution >= 4 is 21.9 Å². The number of morpholine rings is 1. The van der Waals surface area contributed by atoms with E-state index in [4.69, 9.17) is 9.84 Å². The Hall–Kier alpha value is -1.19. The Labute approximate surface area is 124 Å². The first-order chi connectivity index (χ1) is 9.81. The molecule has 2 N–H and O–H groups in total. The summed E-state index contributed by atoms with van der Waals surface area (Å²) in [6.45, 7) is 3.07. The quantitative estimate of drug-likeness (QED) is 0.617. The fourth-order valence-electron chi connectivity index (χ4n) is 1.93. The molecule has 21 heavy (non-hydrogen) atoms. The smallest absolute Gasteiger partial charge is 0.303 e. The molecule has 0 saturated carbocycles. The van der Waals surface area contributed by atoms with Crippen LogP contribution in [-0.4, -0.2) is 67.8 Å². The van der Waals surface area contributed by atoms with Gasteiger partial charge in [0, 0.05) is 32.0 Å². The van der Waals surface area contributed by atoms with Crippen LogP contribution in [0.1, 0.15) is 26.2 Å². The highest BCUT2D eigenvalue weighted by Crippen LogP contribution is 2.07. The van der Waals surface area contributed by atoms with Gasteiger partial charge in [-0.25, -0.2) is 8.42 Å². The molecule has 1 unspecified atom stereocenters. The lowest BCUT2D eigenvalue weighted by molar-refractivity contribution is -0.137. The van der Waals surface area contributed by atoms with Gasteiger partial charge >= 0.3 is 5.97 Å². The fourth-order valence-corrected chi connectivity index (χ4v) is 3.34. The van der Waals surface area contributed by atoms with Crippen LogP contribution in [0.2, 0.25) is 0 Å². The molecular weight excluding hydrogens is 300 g/mol. The molecule has 1 aliphatic heterocycles. The summed E-state index contributed by atoms with van der Waals surface area (Å²) in [5.41, 5.74) is 0. The predicted octanol–water partition coefficient (Wildman–Crippen LogP) is -0.592. The second-order valence-electron chi connectivity index (χ2n) is 4.98. The van der Waals surface area contributed by atoms with Gasteiger partial charge in [-0.1, -0.05) is 0 Å².